The van der Waals surface area contributed by atoms with E-state index in [1.807, 2.05) is 0 Å². The van der Waals surface area contributed by atoms with Crippen molar-refractivity contribution in [2.24, 2.45) is 0 Å². The molecule has 6 heteroatoms. The fraction of sp³-hybridized carbons (Fsp3) is 0.400. The highest BCUT2D eigenvalue weighted by molar-refractivity contribution is 5.92. The number of benzene rings is 1. The van der Waals surface area contributed by atoms with Gasteiger partial charge in [0.1, 0.15) is 0 Å². The molecule has 21 heavy (non-hydrogen) atoms. The third kappa shape index (κ3) is 5.00. The molecule has 6 nitrogen and oxygen atoms in total. The average Bonchev–Trinajstić information content (AvgIpc) is 2.74. The number of rotatable bonds is 4. The Morgan fingerprint density at radius 3 is 3.05 bits per heavy atom. The summed E-state index contributed by atoms with van der Waals surface area (Å²) in [4.78, 5) is 22.1. The van der Waals surface area contributed by atoms with Crippen LogP contribution < -0.4 is 10.6 Å². The van der Waals surface area contributed by atoms with Gasteiger partial charge in [0.2, 0.25) is 5.91 Å². The summed E-state index contributed by atoms with van der Waals surface area (Å²) in [6.45, 7) is 1.91. The fourth-order valence-corrected chi connectivity index (χ4v) is 2.33. The van der Waals surface area contributed by atoms with Crippen LogP contribution in [0.1, 0.15) is 24.8 Å². The molecule has 0 radical (unpaired) electrons. The van der Waals surface area contributed by atoms with Gasteiger partial charge in [-0.2, -0.15) is 0 Å². The van der Waals surface area contributed by atoms with Crippen LogP contribution in [0.5, 0.6) is 0 Å². The molecule has 1 aromatic rings. The summed E-state index contributed by atoms with van der Waals surface area (Å²) in [5.41, 5.74) is 0.661. The first-order chi connectivity index (χ1) is 10.1. The summed E-state index contributed by atoms with van der Waals surface area (Å²) in [5.74, 6) is -0.159. The number of carbonyl (C=O) groups is 1. The zero-order chi connectivity index (χ0) is 15.1. The Hall–Kier alpha value is -2.21. The third-order valence-electron chi connectivity index (χ3n) is 3.43. The van der Waals surface area contributed by atoms with Crippen molar-refractivity contribution in [1.29, 1.82) is 0 Å². The van der Waals surface area contributed by atoms with Crippen molar-refractivity contribution in [3.8, 4) is 0 Å². The van der Waals surface area contributed by atoms with Gasteiger partial charge in [-0.15, -0.1) is 0 Å². The standard InChI is InChI=1S/C15H19N3O3/c19-15(17-13-4-2-9-16-10-8-13)7-6-12-3-1-5-14(11-12)18(20)21/h1,3,5-7,11,13,16H,2,4,8-10H2,(H,17,19)/b7-6+. The van der Waals surface area contributed by atoms with Crippen LogP contribution in [-0.2, 0) is 4.79 Å². The number of nitrogens with zero attached hydrogens (tertiary/aromatic N) is 1. The normalized spacial score (nSPS) is 19.1. The van der Waals surface area contributed by atoms with Crippen LogP contribution in [0, 0.1) is 10.1 Å². The fourth-order valence-electron chi connectivity index (χ4n) is 2.33. The number of hydrogen-bond donors (Lipinski definition) is 2. The molecule has 1 aliphatic rings. The molecule has 1 fully saturated rings. The predicted octanol–water partition coefficient (Wildman–Crippen LogP) is 1.87. The van der Waals surface area contributed by atoms with Crippen molar-refractivity contribution in [3.63, 3.8) is 0 Å². The Balaban J connectivity index is 1.92. The third-order valence-corrected chi connectivity index (χ3v) is 3.43. The largest absolute Gasteiger partial charge is 0.350 e. The molecule has 0 aromatic heterocycles. The number of amides is 1. The SMILES string of the molecule is O=C(/C=C/c1cccc([N+](=O)[O-])c1)NC1CCCNCC1. The molecule has 0 aliphatic carbocycles. The molecule has 0 saturated carbocycles. The van der Waals surface area contributed by atoms with E-state index in [9.17, 15) is 14.9 Å². The molecule has 0 bridgehead atoms. The highest BCUT2D eigenvalue weighted by Gasteiger charge is 2.12. The predicted molar refractivity (Wildman–Crippen MR) is 80.8 cm³/mol. The molecule has 0 spiro atoms. The molecule has 1 unspecified atom stereocenters. The van der Waals surface area contributed by atoms with E-state index in [4.69, 9.17) is 0 Å². The molecule has 2 N–H and O–H groups in total. The first kappa shape index (κ1) is 15.2. The molecule has 1 heterocycles. The van der Waals surface area contributed by atoms with Crippen LogP contribution in [0.2, 0.25) is 0 Å². The first-order valence-electron chi connectivity index (χ1n) is 7.09. The molecule has 112 valence electrons. The lowest BCUT2D eigenvalue weighted by atomic mass is 10.1. The molecule has 2 rings (SSSR count). The van der Waals surface area contributed by atoms with Gasteiger partial charge in [-0.1, -0.05) is 12.1 Å². The monoisotopic (exact) mass is 289 g/mol. The Morgan fingerprint density at radius 2 is 2.24 bits per heavy atom. The summed E-state index contributed by atoms with van der Waals surface area (Å²) in [5, 5.41) is 16.9. The maximum Gasteiger partial charge on any atom is 0.270 e. The first-order valence-corrected chi connectivity index (χ1v) is 7.09. The quantitative estimate of drug-likeness (QED) is 0.503. The van der Waals surface area contributed by atoms with Crippen molar-refractivity contribution in [2.45, 2.75) is 25.3 Å². The molecule has 1 atom stereocenters. The summed E-state index contributed by atoms with van der Waals surface area (Å²) in [6.07, 6.45) is 5.98. The van der Waals surface area contributed by atoms with Crippen LogP contribution >= 0.6 is 0 Å². The van der Waals surface area contributed by atoms with Crippen molar-refractivity contribution in [1.82, 2.24) is 10.6 Å². The highest BCUT2D eigenvalue weighted by Crippen LogP contribution is 2.14. The lowest BCUT2D eigenvalue weighted by Gasteiger charge is -2.14. The Labute approximate surface area is 123 Å². The summed E-state index contributed by atoms with van der Waals surface area (Å²) in [7, 11) is 0. The lowest BCUT2D eigenvalue weighted by molar-refractivity contribution is -0.384. The number of nitrogens with one attached hydrogen (secondary N) is 2. The Bertz CT molecular complexity index is 535. The van der Waals surface area contributed by atoms with Gasteiger partial charge in [-0.25, -0.2) is 0 Å². The van der Waals surface area contributed by atoms with Crippen molar-refractivity contribution in [2.75, 3.05) is 13.1 Å². The Kier molecular flexibility index (Phi) is 5.45. The van der Waals surface area contributed by atoms with Gasteiger partial charge in [-0.05, 0) is 44.0 Å². The number of nitro groups is 1. The van der Waals surface area contributed by atoms with Gasteiger partial charge in [0.25, 0.3) is 5.69 Å². The van der Waals surface area contributed by atoms with E-state index in [1.165, 1.54) is 18.2 Å². The van der Waals surface area contributed by atoms with Gasteiger partial charge in [0.05, 0.1) is 4.92 Å². The minimum Gasteiger partial charge on any atom is -0.350 e. The van der Waals surface area contributed by atoms with Gasteiger partial charge in [0.15, 0.2) is 0 Å². The zero-order valence-electron chi connectivity index (χ0n) is 11.7. The van der Waals surface area contributed by atoms with Gasteiger partial charge >= 0.3 is 0 Å². The Morgan fingerprint density at radius 1 is 1.38 bits per heavy atom. The highest BCUT2D eigenvalue weighted by atomic mass is 16.6. The van der Waals surface area contributed by atoms with E-state index >= 15 is 0 Å². The van der Waals surface area contributed by atoms with E-state index in [1.54, 1.807) is 18.2 Å². The van der Waals surface area contributed by atoms with Crippen LogP contribution in [0.4, 0.5) is 5.69 Å². The smallest absolute Gasteiger partial charge is 0.270 e. The second kappa shape index (κ2) is 7.54. The van der Waals surface area contributed by atoms with E-state index < -0.39 is 4.92 Å². The molecular weight excluding hydrogens is 270 g/mol. The van der Waals surface area contributed by atoms with E-state index in [0.717, 1.165) is 32.4 Å². The minimum absolute atomic E-state index is 0.0207. The summed E-state index contributed by atoms with van der Waals surface area (Å²) < 4.78 is 0. The second-order valence-corrected chi connectivity index (χ2v) is 5.07. The summed E-state index contributed by atoms with van der Waals surface area (Å²) in [6, 6.07) is 6.40. The van der Waals surface area contributed by atoms with Crippen LogP contribution in [0.25, 0.3) is 6.08 Å². The van der Waals surface area contributed by atoms with Gasteiger partial charge in [-0.3, -0.25) is 14.9 Å². The molecule has 1 aliphatic heterocycles. The number of hydrogen-bond acceptors (Lipinski definition) is 4. The van der Waals surface area contributed by atoms with Crippen molar-refractivity contribution < 1.29 is 9.72 Å². The zero-order valence-corrected chi connectivity index (χ0v) is 11.7. The molecule has 1 aromatic carbocycles. The minimum atomic E-state index is -0.448. The van der Waals surface area contributed by atoms with Gasteiger partial charge in [0, 0.05) is 24.3 Å². The van der Waals surface area contributed by atoms with Crippen LogP contribution in [0.15, 0.2) is 30.3 Å². The lowest BCUT2D eigenvalue weighted by Crippen LogP contribution is -2.34. The average molecular weight is 289 g/mol. The maximum absolute atomic E-state index is 11.9. The van der Waals surface area contributed by atoms with Crippen LogP contribution in [0.3, 0.4) is 0 Å². The number of nitro benzene ring substituents is 1. The second-order valence-electron chi connectivity index (χ2n) is 5.07. The van der Waals surface area contributed by atoms with Crippen LogP contribution in [-0.4, -0.2) is 30.0 Å². The maximum atomic E-state index is 11.9. The number of non-ortho nitro benzene ring substituents is 1. The van der Waals surface area contributed by atoms with E-state index in [-0.39, 0.29) is 17.6 Å². The topological polar surface area (TPSA) is 84.3 Å². The van der Waals surface area contributed by atoms with E-state index in [2.05, 4.69) is 10.6 Å². The van der Waals surface area contributed by atoms with Crippen molar-refractivity contribution in [3.05, 3.63) is 46.0 Å². The van der Waals surface area contributed by atoms with Crippen molar-refractivity contribution >= 4 is 17.7 Å². The number of carbonyl (C=O) groups excluding carboxylic acids is 1. The van der Waals surface area contributed by atoms with E-state index in [0.29, 0.717) is 5.56 Å². The molecule has 1 amide bonds. The van der Waals surface area contributed by atoms with Gasteiger partial charge < -0.3 is 10.6 Å². The summed E-state index contributed by atoms with van der Waals surface area (Å²) >= 11 is 0. The molecule has 1 saturated heterocycles. The molecular formula is C15H19N3O3.